The molecule has 0 unspecified atom stereocenters. The lowest BCUT2D eigenvalue weighted by Crippen LogP contribution is -2.54. The van der Waals surface area contributed by atoms with Crippen molar-refractivity contribution in [3.05, 3.63) is 83.9 Å². The number of rotatable bonds is 11. The van der Waals surface area contributed by atoms with Gasteiger partial charge in [-0.2, -0.15) is 0 Å². The van der Waals surface area contributed by atoms with Gasteiger partial charge in [0.05, 0.1) is 6.04 Å². The molecule has 0 aliphatic rings. The van der Waals surface area contributed by atoms with Crippen molar-refractivity contribution in [1.82, 2.24) is 9.80 Å². The predicted octanol–water partition coefficient (Wildman–Crippen LogP) is 5.03. The smallest absolute Gasteiger partial charge is 0.410 e. The largest absolute Gasteiger partial charge is 0.444 e. The maximum atomic E-state index is 14.1. The molecular formula is C32H40N2O5. The fourth-order valence-corrected chi connectivity index (χ4v) is 4.55. The Bertz CT molecular complexity index is 1270. The van der Waals surface area contributed by atoms with E-state index in [1.165, 1.54) is 9.80 Å². The van der Waals surface area contributed by atoms with Crippen LogP contribution < -0.4 is 0 Å². The summed E-state index contributed by atoms with van der Waals surface area (Å²) in [6, 6.07) is 21.8. The van der Waals surface area contributed by atoms with Crippen LogP contribution in [0.1, 0.15) is 44.7 Å². The molecule has 0 aromatic heterocycles. The molecule has 3 aromatic rings. The summed E-state index contributed by atoms with van der Waals surface area (Å²) in [5, 5.41) is 11.4. The molecular weight excluding hydrogens is 492 g/mol. The number of aliphatic hydroxyl groups is 1. The molecule has 0 spiro atoms. The van der Waals surface area contributed by atoms with Crippen LogP contribution in [-0.4, -0.2) is 71.1 Å². The van der Waals surface area contributed by atoms with E-state index in [1.807, 2.05) is 72.8 Å². The molecule has 0 saturated carbocycles. The number of nitrogens with zero attached hydrogens (tertiary/aromatic N) is 2. The number of ether oxygens (including phenoxy) is 1. The van der Waals surface area contributed by atoms with Gasteiger partial charge in [0.25, 0.3) is 0 Å². The van der Waals surface area contributed by atoms with Gasteiger partial charge in [-0.1, -0.05) is 72.8 Å². The minimum absolute atomic E-state index is 0.104. The summed E-state index contributed by atoms with van der Waals surface area (Å²) in [6.45, 7) is 5.23. The minimum Gasteiger partial charge on any atom is -0.444 e. The summed E-state index contributed by atoms with van der Waals surface area (Å²) < 4.78 is 5.60. The van der Waals surface area contributed by atoms with Gasteiger partial charge in [0.15, 0.2) is 5.78 Å². The number of Topliss-reactive ketones (excluding diaryl/α,β-unsaturated/α-hetero) is 1. The van der Waals surface area contributed by atoms with Gasteiger partial charge in [0, 0.05) is 33.5 Å². The van der Waals surface area contributed by atoms with Crippen molar-refractivity contribution < 1.29 is 24.2 Å². The molecule has 0 bridgehead atoms. The van der Waals surface area contributed by atoms with Gasteiger partial charge >= 0.3 is 6.09 Å². The molecule has 208 valence electrons. The van der Waals surface area contributed by atoms with E-state index in [9.17, 15) is 19.5 Å². The highest BCUT2D eigenvalue weighted by Crippen LogP contribution is 2.21. The zero-order valence-electron chi connectivity index (χ0n) is 23.6. The molecule has 3 rings (SSSR count). The first kappa shape index (κ1) is 29.8. The molecule has 39 heavy (non-hydrogen) atoms. The van der Waals surface area contributed by atoms with Gasteiger partial charge in [0.2, 0.25) is 5.91 Å². The van der Waals surface area contributed by atoms with Crippen LogP contribution in [0.3, 0.4) is 0 Å². The van der Waals surface area contributed by atoms with E-state index in [2.05, 4.69) is 0 Å². The van der Waals surface area contributed by atoms with E-state index in [1.54, 1.807) is 34.9 Å². The van der Waals surface area contributed by atoms with Gasteiger partial charge < -0.3 is 14.7 Å². The van der Waals surface area contributed by atoms with Crippen molar-refractivity contribution in [3.8, 4) is 0 Å². The van der Waals surface area contributed by atoms with Gasteiger partial charge in [-0.15, -0.1) is 0 Å². The molecule has 0 saturated heterocycles. The highest BCUT2D eigenvalue weighted by molar-refractivity contribution is 5.92. The van der Waals surface area contributed by atoms with Crippen molar-refractivity contribution in [2.24, 2.45) is 0 Å². The molecule has 0 aliphatic carbocycles. The summed E-state index contributed by atoms with van der Waals surface area (Å²) in [4.78, 5) is 43.3. The normalized spacial score (nSPS) is 13.0. The van der Waals surface area contributed by atoms with Crippen LogP contribution in [0.25, 0.3) is 10.8 Å². The van der Waals surface area contributed by atoms with Crippen molar-refractivity contribution in [3.63, 3.8) is 0 Å². The van der Waals surface area contributed by atoms with E-state index in [-0.39, 0.29) is 31.1 Å². The third-order valence-corrected chi connectivity index (χ3v) is 6.72. The summed E-state index contributed by atoms with van der Waals surface area (Å²) in [6.07, 6.45) is 0.466. The van der Waals surface area contributed by atoms with Crippen LogP contribution in [-0.2, 0) is 27.2 Å². The van der Waals surface area contributed by atoms with Gasteiger partial charge in [-0.05, 0) is 55.5 Å². The van der Waals surface area contributed by atoms with Crippen molar-refractivity contribution in [1.29, 1.82) is 0 Å². The lowest BCUT2D eigenvalue weighted by atomic mass is 9.96. The van der Waals surface area contributed by atoms with Crippen molar-refractivity contribution >= 4 is 28.6 Å². The maximum absolute atomic E-state index is 14.1. The standard InChI is InChI=1S/C32H40N2O5/c1-32(2,3)39-31(38)34(5)28(22-24-17-18-25-14-9-10-15-26(25)20-24)30(37)33(4)27(29(36)16-11-19-35)21-23-12-7-6-8-13-23/h6-10,12-15,17-18,20,27-28,35H,11,16,19,21-22H2,1-5H3/t27-,28-/m1/s1. The lowest BCUT2D eigenvalue weighted by molar-refractivity contribution is -0.142. The van der Waals surface area contributed by atoms with Gasteiger partial charge in [-0.3, -0.25) is 14.5 Å². The topological polar surface area (TPSA) is 87.2 Å². The monoisotopic (exact) mass is 532 g/mol. The summed E-state index contributed by atoms with van der Waals surface area (Å²) in [5.74, 6) is -0.483. The van der Waals surface area contributed by atoms with Gasteiger partial charge in [0.1, 0.15) is 11.6 Å². The molecule has 0 radical (unpaired) electrons. The summed E-state index contributed by atoms with van der Waals surface area (Å²) in [5.41, 5.74) is 1.08. The molecule has 0 fully saturated rings. The van der Waals surface area contributed by atoms with Crippen LogP contribution in [0.15, 0.2) is 72.8 Å². The average molecular weight is 533 g/mol. The number of hydrogen-bond acceptors (Lipinski definition) is 5. The highest BCUT2D eigenvalue weighted by atomic mass is 16.6. The fourth-order valence-electron chi connectivity index (χ4n) is 4.55. The molecule has 2 amide bonds. The first-order chi connectivity index (χ1) is 18.5. The second kappa shape index (κ2) is 13.4. The first-order valence-electron chi connectivity index (χ1n) is 13.4. The average Bonchev–Trinajstić information content (AvgIpc) is 2.91. The third kappa shape index (κ3) is 8.39. The third-order valence-electron chi connectivity index (χ3n) is 6.72. The van der Waals surface area contributed by atoms with E-state index in [4.69, 9.17) is 4.74 Å². The minimum atomic E-state index is -0.894. The molecule has 0 aliphatic heterocycles. The first-order valence-corrected chi connectivity index (χ1v) is 13.4. The Labute approximate surface area is 231 Å². The molecule has 2 atom stereocenters. The van der Waals surface area contributed by atoms with Crippen LogP contribution in [0, 0.1) is 0 Å². The molecule has 7 nitrogen and oxygen atoms in total. The molecule has 3 aromatic carbocycles. The maximum Gasteiger partial charge on any atom is 0.410 e. The van der Waals surface area contributed by atoms with Crippen molar-refractivity contribution in [2.45, 2.75) is 64.1 Å². The zero-order chi connectivity index (χ0) is 28.6. The molecule has 7 heteroatoms. The van der Waals surface area contributed by atoms with E-state index >= 15 is 0 Å². The number of likely N-dealkylation sites (N-methyl/N-ethyl adjacent to an activating group) is 2. The Morgan fingerprint density at radius 2 is 1.41 bits per heavy atom. The van der Waals surface area contributed by atoms with Crippen molar-refractivity contribution in [2.75, 3.05) is 20.7 Å². The summed E-state index contributed by atoms with van der Waals surface area (Å²) >= 11 is 0. The SMILES string of the molecule is CN(C(=O)OC(C)(C)C)[C@H](Cc1ccc2ccccc2c1)C(=O)N(C)[C@H](Cc1ccccc1)C(=O)CCCO. The van der Waals surface area contributed by atoms with Crippen LogP contribution in [0.2, 0.25) is 0 Å². The lowest BCUT2D eigenvalue weighted by Gasteiger charge is -2.35. The second-order valence-corrected chi connectivity index (χ2v) is 10.9. The zero-order valence-corrected chi connectivity index (χ0v) is 23.6. The number of hydrogen-bond donors (Lipinski definition) is 1. The van der Waals surface area contributed by atoms with E-state index in [0.717, 1.165) is 21.9 Å². The number of fused-ring (bicyclic) bond motifs is 1. The quantitative estimate of drug-likeness (QED) is 0.374. The Hall–Kier alpha value is -3.71. The van der Waals surface area contributed by atoms with Crippen LogP contribution >= 0.6 is 0 Å². The highest BCUT2D eigenvalue weighted by Gasteiger charge is 2.36. The number of carbonyl (C=O) groups excluding carboxylic acids is 3. The number of carbonyl (C=O) groups is 3. The molecule has 1 N–H and O–H groups in total. The number of aliphatic hydroxyl groups excluding tert-OH is 1. The van der Waals surface area contributed by atoms with Crippen LogP contribution in [0.5, 0.6) is 0 Å². The summed E-state index contributed by atoms with van der Waals surface area (Å²) in [7, 11) is 3.18. The Morgan fingerprint density at radius 3 is 2.05 bits per heavy atom. The number of benzene rings is 3. The van der Waals surface area contributed by atoms with Crippen LogP contribution in [0.4, 0.5) is 4.79 Å². The fraction of sp³-hybridized carbons (Fsp3) is 0.406. The second-order valence-electron chi connectivity index (χ2n) is 10.9. The Kier molecular flexibility index (Phi) is 10.2. The van der Waals surface area contributed by atoms with E-state index in [0.29, 0.717) is 12.8 Å². The van der Waals surface area contributed by atoms with E-state index < -0.39 is 23.8 Å². The number of ketones is 1. The molecule has 0 heterocycles. The Balaban J connectivity index is 1.95. The predicted molar refractivity (Wildman–Crippen MR) is 153 cm³/mol. The number of amides is 2. The Morgan fingerprint density at radius 1 is 0.795 bits per heavy atom. The van der Waals surface area contributed by atoms with Gasteiger partial charge in [-0.25, -0.2) is 4.79 Å².